The van der Waals surface area contributed by atoms with Crippen LogP contribution in [0.15, 0.2) is 12.2 Å². The van der Waals surface area contributed by atoms with Crippen molar-refractivity contribution in [2.24, 2.45) is 0 Å². The van der Waals surface area contributed by atoms with Gasteiger partial charge in [0.15, 0.2) is 8.32 Å². The Kier molecular flexibility index (Phi) is 18.3. The van der Waals surface area contributed by atoms with E-state index in [0.29, 0.717) is 13.4 Å². The molecule has 0 aromatic heterocycles. The Balaban J connectivity index is 3.86. The zero-order chi connectivity index (χ0) is 22.7. The smallest absolute Gasteiger partial charge is 0.192 e. The summed E-state index contributed by atoms with van der Waals surface area (Å²) in [7, 11) is -0.0810. The topological polar surface area (TPSA) is 27.7 Å². The van der Waals surface area contributed by atoms with Crippen molar-refractivity contribution in [3.05, 3.63) is 12.2 Å². The molecular weight excluding hydrogens is 388 g/mol. The molecule has 3 nitrogen and oxygen atoms in total. The first kappa shape index (κ1) is 29.8. The summed E-state index contributed by atoms with van der Waals surface area (Å²) in [6.45, 7) is 14.6. The van der Waals surface area contributed by atoms with Crippen LogP contribution in [0.25, 0.3) is 0 Å². The molecule has 0 aliphatic heterocycles. The Hall–Kier alpha value is -0.163. The van der Waals surface area contributed by atoms with Gasteiger partial charge in [0.1, 0.15) is 12.9 Å². The van der Waals surface area contributed by atoms with Crippen LogP contribution in [-0.2, 0) is 13.9 Å². The van der Waals surface area contributed by atoms with E-state index in [4.69, 9.17) is 13.9 Å². The predicted octanol–water partition coefficient (Wildman–Crippen LogP) is 8.64. The number of methoxy groups -OCH3 is 1. The van der Waals surface area contributed by atoms with Gasteiger partial charge in [-0.3, -0.25) is 0 Å². The molecule has 4 heteroatoms. The molecule has 0 bridgehead atoms. The van der Waals surface area contributed by atoms with Crippen LogP contribution in [0, 0.1) is 0 Å². The Morgan fingerprint density at radius 2 is 1.30 bits per heavy atom. The molecule has 0 fully saturated rings. The van der Waals surface area contributed by atoms with Gasteiger partial charge in [-0.2, -0.15) is 0 Å². The second-order valence-electron chi connectivity index (χ2n) is 10.3. The summed E-state index contributed by atoms with van der Waals surface area (Å²) in [5, 5.41) is 0.220. The maximum Gasteiger partial charge on any atom is 0.192 e. The van der Waals surface area contributed by atoms with Gasteiger partial charge in [-0.1, -0.05) is 110 Å². The van der Waals surface area contributed by atoms with Gasteiger partial charge in [0.2, 0.25) is 0 Å². The van der Waals surface area contributed by atoms with E-state index in [-0.39, 0.29) is 11.1 Å². The number of hydrogen-bond acceptors (Lipinski definition) is 3. The lowest BCUT2D eigenvalue weighted by Crippen LogP contribution is -2.42. The van der Waals surface area contributed by atoms with E-state index in [1.54, 1.807) is 7.11 Å². The van der Waals surface area contributed by atoms with E-state index < -0.39 is 8.32 Å². The average Bonchev–Trinajstić information content (AvgIpc) is 2.68. The van der Waals surface area contributed by atoms with Gasteiger partial charge in [0.05, 0.1) is 6.61 Å². The van der Waals surface area contributed by atoms with Crippen LogP contribution < -0.4 is 0 Å². The number of hydrogen-bond donors (Lipinski definition) is 0. The van der Waals surface area contributed by atoms with E-state index in [1.165, 1.54) is 77.0 Å². The van der Waals surface area contributed by atoms with Gasteiger partial charge in [0, 0.05) is 7.11 Å². The minimum Gasteiger partial charge on any atom is -0.414 e. The van der Waals surface area contributed by atoms with Gasteiger partial charge in [-0.15, -0.1) is 0 Å². The molecule has 0 aliphatic carbocycles. The van der Waals surface area contributed by atoms with E-state index in [9.17, 15) is 0 Å². The van der Waals surface area contributed by atoms with Crippen LogP contribution in [0.4, 0.5) is 0 Å². The monoisotopic (exact) mass is 442 g/mol. The molecule has 0 rings (SSSR count). The highest BCUT2D eigenvalue weighted by Gasteiger charge is 2.37. The molecule has 0 unspecified atom stereocenters. The molecule has 0 aromatic rings. The first-order valence-corrected chi connectivity index (χ1v) is 15.6. The van der Waals surface area contributed by atoms with Crippen LogP contribution in [0.3, 0.4) is 0 Å². The number of allylic oxidation sites excluding steroid dienone is 1. The number of rotatable bonds is 20. The van der Waals surface area contributed by atoms with Gasteiger partial charge >= 0.3 is 0 Å². The summed E-state index contributed by atoms with van der Waals surface area (Å²) in [5.74, 6) is 0. The van der Waals surface area contributed by atoms with Crippen LogP contribution in [0.5, 0.6) is 0 Å². The van der Waals surface area contributed by atoms with Crippen LogP contribution in [0.1, 0.15) is 111 Å². The first-order chi connectivity index (χ1) is 14.2. The maximum atomic E-state index is 6.33. The second-order valence-corrected chi connectivity index (χ2v) is 15.1. The fourth-order valence-electron chi connectivity index (χ4n) is 3.17. The van der Waals surface area contributed by atoms with Gasteiger partial charge in [0.25, 0.3) is 0 Å². The third-order valence-corrected chi connectivity index (χ3v) is 10.9. The van der Waals surface area contributed by atoms with Crippen molar-refractivity contribution in [1.29, 1.82) is 0 Å². The summed E-state index contributed by atoms with van der Waals surface area (Å²) in [6.07, 6.45) is 22.3. The molecule has 0 N–H and O–H groups in total. The molecule has 180 valence electrons. The molecule has 0 amide bonds. The highest BCUT2D eigenvalue weighted by Crippen LogP contribution is 2.36. The van der Waals surface area contributed by atoms with Gasteiger partial charge < -0.3 is 13.9 Å². The summed E-state index contributed by atoms with van der Waals surface area (Å²) in [5.41, 5.74) is 0. The lowest BCUT2D eigenvalue weighted by Gasteiger charge is -2.37. The van der Waals surface area contributed by atoms with E-state index in [1.807, 2.05) is 0 Å². The van der Waals surface area contributed by atoms with Crippen molar-refractivity contribution < 1.29 is 13.9 Å². The highest BCUT2D eigenvalue weighted by molar-refractivity contribution is 6.74. The third kappa shape index (κ3) is 16.5. The van der Waals surface area contributed by atoms with Crippen LogP contribution in [-0.4, -0.2) is 34.9 Å². The lowest BCUT2D eigenvalue weighted by atomic mass is 10.0. The second kappa shape index (κ2) is 18.4. The molecule has 0 aromatic carbocycles. The van der Waals surface area contributed by atoms with E-state index in [2.05, 4.69) is 52.9 Å². The molecule has 0 radical (unpaired) electrons. The Morgan fingerprint density at radius 1 is 0.800 bits per heavy atom. The largest absolute Gasteiger partial charge is 0.414 e. The van der Waals surface area contributed by atoms with Crippen molar-refractivity contribution >= 4 is 8.32 Å². The molecule has 0 saturated carbocycles. The van der Waals surface area contributed by atoms with Crippen LogP contribution in [0.2, 0.25) is 18.1 Å². The third-order valence-electron chi connectivity index (χ3n) is 6.39. The van der Waals surface area contributed by atoms with Crippen LogP contribution >= 0.6 is 0 Å². The van der Waals surface area contributed by atoms with Gasteiger partial charge in [-0.05, 0) is 31.0 Å². The summed E-state index contributed by atoms with van der Waals surface area (Å²) < 4.78 is 17.2. The summed E-state index contributed by atoms with van der Waals surface area (Å²) in [6, 6.07) is 0. The van der Waals surface area contributed by atoms with Crippen molar-refractivity contribution in [3.63, 3.8) is 0 Å². The molecular formula is C26H54O3Si. The Bertz CT molecular complexity index is 402. The summed E-state index contributed by atoms with van der Waals surface area (Å²) in [4.78, 5) is 0. The Morgan fingerprint density at radius 3 is 1.77 bits per heavy atom. The standard InChI is InChI=1S/C26H54O3Si/c1-8-9-10-11-12-13-14-15-16-17-18-19-20-21-22-25(28-24-27-5)23-29-30(6,7)26(2,3)4/h21-22,25H,8-20,23-24H2,1-7H3/b22-21-/t25-/m1/s1. The maximum absolute atomic E-state index is 6.33. The van der Waals surface area contributed by atoms with E-state index in [0.717, 1.165) is 6.42 Å². The van der Waals surface area contributed by atoms with Crippen molar-refractivity contribution in [3.8, 4) is 0 Å². The van der Waals surface area contributed by atoms with E-state index >= 15 is 0 Å². The first-order valence-electron chi connectivity index (χ1n) is 12.7. The fraction of sp³-hybridized carbons (Fsp3) is 0.923. The summed E-state index contributed by atoms with van der Waals surface area (Å²) >= 11 is 0. The average molecular weight is 443 g/mol. The van der Waals surface area contributed by atoms with Crippen molar-refractivity contribution in [2.45, 2.75) is 135 Å². The molecule has 0 spiro atoms. The lowest BCUT2D eigenvalue weighted by molar-refractivity contribution is -0.0678. The molecule has 0 saturated heterocycles. The fourth-order valence-corrected chi connectivity index (χ4v) is 4.19. The highest BCUT2D eigenvalue weighted by atomic mass is 28.4. The zero-order valence-corrected chi connectivity index (χ0v) is 22.6. The zero-order valence-electron chi connectivity index (χ0n) is 21.6. The molecule has 0 heterocycles. The quantitative estimate of drug-likeness (QED) is 0.0817. The Labute approximate surface area is 190 Å². The van der Waals surface area contributed by atoms with Gasteiger partial charge in [-0.25, -0.2) is 0 Å². The number of ether oxygens (including phenoxy) is 2. The molecule has 1 atom stereocenters. The number of unbranched alkanes of at least 4 members (excludes halogenated alkanes) is 12. The predicted molar refractivity (Wildman–Crippen MR) is 135 cm³/mol. The van der Waals surface area contributed by atoms with Crippen molar-refractivity contribution in [2.75, 3.05) is 20.5 Å². The SMILES string of the molecule is CCCCCCCCCCCCCC/C=C\[C@H](CO[Si](C)(C)C(C)(C)C)OCOC. The minimum atomic E-state index is -1.75. The molecule has 0 aliphatic rings. The minimum absolute atomic E-state index is 0.0172. The van der Waals surface area contributed by atoms with Crippen molar-refractivity contribution in [1.82, 2.24) is 0 Å². The normalized spacial score (nSPS) is 14.0. The molecule has 30 heavy (non-hydrogen) atoms.